The number of nitrogens with zero attached hydrogens (tertiary/aromatic N) is 2. The standard InChI is InChI=1S/C33H30N2/c1-21-17-27-7-5-25(23-9-13-34-14-10-23)19-29(27)31(21)33(3,4)32-22(2)18-28-8-6-26(20-30(28)32)24-11-15-35-16-12-24/h5-20,31-32H,1-4H3. The van der Waals surface area contributed by atoms with Gasteiger partial charge in [-0.1, -0.05) is 61.4 Å². The first-order valence-corrected chi connectivity index (χ1v) is 12.4. The van der Waals surface area contributed by atoms with Crippen LogP contribution in [0.25, 0.3) is 34.4 Å². The van der Waals surface area contributed by atoms with Crippen molar-refractivity contribution in [1.29, 1.82) is 0 Å². The van der Waals surface area contributed by atoms with E-state index in [0.717, 1.165) is 0 Å². The van der Waals surface area contributed by atoms with Crippen molar-refractivity contribution < 1.29 is 0 Å². The van der Waals surface area contributed by atoms with E-state index in [1.807, 2.05) is 24.8 Å². The Morgan fingerprint density at radius 3 is 1.34 bits per heavy atom. The summed E-state index contributed by atoms with van der Waals surface area (Å²) in [5, 5.41) is 0. The molecule has 0 fully saturated rings. The highest BCUT2D eigenvalue weighted by Crippen LogP contribution is 2.58. The molecule has 0 bridgehead atoms. The molecule has 172 valence electrons. The zero-order valence-corrected chi connectivity index (χ0v) is 20.8. The number of pyridine rings is 2. The van der Waals surface area contributed by atoms with E-state index in [1.165, 1.54) is 55.7 Å². The number of rotatable bonds is 4. The number of hydrogen-bond acceptors (Lipinski definition) is 2. The Balaban J connectivity index is 1.44. The molecule has 0 spiro atoms. The van der Waals surface area contributed by atoms with Crippen LogP contribution >= 0.6 is 0 Å². The lowest BCUT2D eigenvalue weighted by atomic mass is 9.62. The molecule has 2 atom stereocenters. The largest absolute Gasteiger partial charge is 0.265 e. The van der Waals surface area contributed by atoms with Crippen LogP contribution in [-0.2, 0) is 0 Å². The zero-order valence-electron chi connectivity index (χ0n) is 20.8. The number of benzene rings is 2. The predicted octanol–water partition coefficient (Wildman–Crippen LogP) is 8.54. The van der Waals surface area contributed by atoms with Crippen molar-refractivity contribution in [2.45, 2.75) is 39.5 Å². The van der Waals surface area contributed by atoms with Crippen molar-refractivity contribution in [2.24, 2.45) is 5.41 Å². The summed E-state index contributed by atoms with van der Waals surface area (Å²) in [7, 11) is 0. The van der Waals surface area contributed by atoms with Crippen molar-refractivity contribution in [3.63, 3.8) is 0 Å². The average molecular weight is 455 g/mol. The Bertz CT molecular complexity index is 1360. The SMILES string of the molecule is CC1=Cc2ccc(-c3ccncc3)cc2C1C(C)(C)C1C(C)=Cc2ccc(-c3ccncc3)cc21. The van der Waals surface area contributed by atoms with Gasteiger partial charge in [0.1, 0.15) is 0 Å². The first kappa shape index (κ1) is 21.7. The summed E-state index contributed by atoms with van der Waals surface area (Å²) in [6.45, 7) is 9.53. The molecule has 0 saturated carbocycles. The third-order valence-corrected chi connectivity index (χ3v) is 7.99. The molecule has 0 radical (unpaired) electrons. The first-order chi connectivity index (χ1) is 16.9. The van der Waals surface area contributed by atoms with Gasteiger partial charge in [0.05, 0.1) is 0 Å². The molecule has 0 amide bonds. The van der Waals surface area contributed by atoms with Gasteiger partial charge in [-0.15, -0.1) is 0 Å². The molecular formula is C33H30N2. The molecular weight excluding hydrogens is 424 g/mol. The molecule has 2 aliphatic carbocycles. The van der Waals surface area contributed by atoms with E-state index in [2.05, 4.69) is 110 Å². The Morgan fingerprint density at radius 1 is 0.543 bits per heavy atom. The summed E-state index contributed by atoms with van der Waals surface area (Å²) in [6.07, 6.45) is 12.3. The number of fused-ring (bicyclic) bond motifs is 2. The maximum Gasteiger partial charge on any atom is 0.0273 e. The molecule has 2 heterocycles. The predicted molar refractivity (Wildman–Crippen MR) is 146 cm³/mol. The molecule has 2 heteroatoms. The second kappa shape index (κ2) is 8.16. The molecule has 2 unspecified atom stereocenters. The van der Waals surface area contributed by atoms with E-state index in [4.69, 9.17) is 0 Å². The molecule has 2 aromatic heterocycles. The van der Waals surface area contributed by atoms with Crippen molar-refractivity contribution >= 4 is 12.2 Å². The molecule has 4 aromatic rings. The molecule has 0 aliphatic heterocycles. The molecule has 6 rings (SSSR count). The van der Waals surface area contributed by atoms with E-state index in [0.29, 0.717) is 11.8 Å². The summed E-state index contributed by atoms with van der Waals surface area (Å²) < 4.78 is 0. The Kier molecular flexibility index (Phi) is 5.07. The average Bonchev–Trinajstić information content (AvgIpc) is 3.39. The molecule has 0 saturated heterocycles. The van der Waals surface area contributed by atoms with Crippen LogP contribution in [0.15, 0.2) is 96.6 Å². The highest BCUT2D eigenvalue weighted by Gasteiger charge is 2.45. The monoisotopic (exact) mass is 454 g/mol. The summed E-state index contributed by atoms with van der Waals surface area (Å²) >= 11 is 0. The smallest absolute Gasteiger partial charge is 0.0273 e. The van der Waals surface area contributed by atoms with Crippen LogP contribution in [-0.4, -0.2) is 9.97 Å². The van der Waals surface area contributed by atoms with E-state index in [9.17, 15) is 0 Å². The lowest BCUT2D eigenvalue weighted by molar-refractivity contribution is 0.275. The maximum atomic E-state index is 4.20. The normalized spacial score (nSPS) is 18.6. The molecule has 2 aliphatic rings. The Hall–Kier alpha value is -3.78. The van der Waals surface area contributed by atoms with Crippen LogP contribution in [0, 0.1) is 5.41 Å². The molecule has 0 N–H and O–H groups in total. The molecule has 2 aromatic carbocycles. The molecule has 2 nitrogen and oxygen atoms in total. The van der Waals surface area contributed by atoms with Crippen LogP contribution in [0.2, 0.25) is 0 Å². The van der Waals surface area contributed by atoms with Gasteiger partial charge in [0.25, 0.3) is 0 Å². The van der Waals surface area contributed by atoms with Crippen LogP contribution in [0.1, 0.15) is 61.8 Å². The first-order valence-electron chi connectivity index (χ1n) is 12.4. The molecule has 35 heavy (non-hydrogen) atoms. The summed E-state index contributed by atoms with van der Waals surface area (Å²) in [6, 6.07) is 22.3. The van der Waals surface area contributed by atoms with Gasteiger partial charge in [-0.3, -0.25) is 9.97 Å². The van der Waals surface area contributed by atoms with Crippen molar-refractivity contribution in [2.75, 3.05) is 0 Å². The third-order valence-electron chi connectivity index (χ3n) is 7.99. The summed E-state index contributed by atoms with van der Waals surface area (Å²) in [5.41, 5.74) is 13.4. The summed E-state index contributed by atoms with van der Waals surface area (Å²) in [4.78, 5) is 8.40. The Morgan fingerprint density at radius 2 is 0.943 bits per heavy atom. The van der Waals surface area contributed by atoms with Crippen molar-refractivity contribution in [3.05, 3.63) is 119 Å². The minimum atomic E-state index is 0.00536. The number of allylic oxidation sites excluding steroid dienone is 2. The fourth-order valence-corrected chi connectivity index (χ4v) is 6.65. The Labute approximate surface area is 208 Å². The highest BCUT2D eigenvalue weighted by molar-refractivity contribution is 5.76. The topological polar surface area (TPSA) is 25.8 Å². The van der Waals surface area contributed by atoms with Gasteiger partial charge >= 0.3 is 0 Å². The lowest BCUT2D eigenvalue weighted by Crippen LogP contribution is -2.29. The van der Waals surface area contributed by atoms with Crippen molar-refractivity contribution in [3.8, 4) is 22.3 Å². The maximum absolute atomic E-state index is 4.20. The highest BCUT2D eigenvalue weighted by atomic mass is 14.6. The van der Waals surface area contributed by atoms with Gasteiger partial charge in [-0.05, 0) is 100 Å². The number of hydrogen-bond donors (Lipinski definition) is 0. The second-order valence-corrected chi connectivity index (χ2v) is 10.6. The second-order valence-electron chi connectivity index (χ2n) is 10.6. The van der Waals surface area contributed by atoms with Crippen LogP contribution < -0.4 is 0 Å². The van der Waals surface area contributed by atoms with Gasteiger partial charge in [-0.25, -0.2) is 0 Å². The van der Waals surface area contributed by atoms with Crippen LogP contribution in [0.5, 0.6) is 0 Å². The van der Waals surface area contributed by atoms with Gasteiger partial charge in [0, 0.05) is 36.6 Å². The third kappa shape index (κ3) is 3.56. The van der Waals surface area contributed by atoms with E-state index in [1.54, 1.807) is 0 Å². The van der Waals surface area contributed by atoms with Gasteiger partial charge in [0.2, 0.25) is 0 Å². The van der Waals surface area contributed by atoms with Gasteiger partial charge in [-0.2, -0.15) is 0 Å². The van der Waals surface area contributed by atoms with E-state index in [-0.39, 0.29) is 5.41 Å². The van der Waals surface area contributed by atoms with E-state index < -0.39 is 0 Å². The lowest BCUT2D eigenvalue weighted by Gasteiger charge is -2.41. The zero-order chi connectivity index (χ0) is 24.2. The fourth-order valence-electron chi connectivity index (χ4n) is 6.65. The van der Waals surface area contributed by atoms with Gasteiger partial charge in [0.15, 0.2) is 0 Å². The minimum Gasteiger partial charge on any atom is -0.265 e. The quantitative estimate of drug-likeness (QED) is 0.309. The summed E-state index contributed by atoms with van der Waals surface area (Å²) in [5.74, 6) is 0.700. The number of aromatic nitrogens is 2. The van der Waals surface area contributed by atoms with E-state index >= 15 is 0 Å². The van der Waals surface area contributed by atoms with Gasteiger partial charge < -0.3 is 0 Å². The van der Waals surface area contributed by atoms with Crippen LogP contribution in [0.4, 0.5) is 0 Å². The minimum absolute atomic E-state index is 0.00536. The van der Waals surface area contributed by atoms with Crippen molar-refractivity contribution in [1.82, 2.24) is 9.97 Å². The van der Waals surface area contributed by atoms with Crippen LogP contribution in [0.3, 0.4) is 0 Å². The fraction of sp³-hybridized carbons (Fsp3) is 0.212.